The number of phenolic OH excluding ortho intramolecular Hbond substituents is 2. The highest BCUT2D eigenvalue weighted by Crippen LogP contribution is 2.51. The highest BCUT2D eigenvalue weighted by atomic mass is 16.7. The zero-order valence-electron chi connectivity index (χ0n) is 31.0. The van der Waals surface area contributed by atoms with Crippen LogP contribution in [0.5, 0.6) is 17.2 Å². The number of nitrogens with one attached hydrogen (secondary N) is 2. The van der Waals surface area contributed by atoms with Gasteiger partial charge in [-0.15, -0.1) is 0 Å². The van der Waals surface area contributed by atoms with Gasteiger partial charge in [-0.05, 0) is 46.5 Å². The lowest BCUT2D eigenvalue weighted by molar-refractivity contribution is -0.150. The van der Waals surface area contributed by atoms with Crippen LogP contribution in [0.15, 0.2) is 33.8 Å². The van der Waals surface area contributed by atoms with Crippen LogP contribution in [0.1, 0.15) is 84.2 Å². The van der Waals surface area contributed by atoms with Gasteiger partial charge < -0.3 is 40.5 Å². The van der Waals surface area contributed by atoms with Crippen LogP contribution in [0, 0.1) is 36.5 Å². The lowest BCUT2D eigenvalue weighted by Crippen LogP contribution is -2.49. The summed E-state index contributed by atoms with van der Waals surface area (Å²) >= 11 is 0. The second kappa shape index (κ2) is 13.3. The number of ketones is 1. The van der Waals surface area contributed by atoms with Crippen molar-refractivity contribution in [2.24, 2.45) is 39.6 Å². The topological polar surface area (TPSA) is 182 Å². The maximum atomic E-state index is 14.2. The summed E-state index contributed by atoms with van der Waals surface area (Å²) in [5.41, 5.74) is -0.152. The minimum Gasteiger partial charge on any atom is -0.507 e. The van der Waals surface area contributed by atoms with Crippen LogP contribution in [0.4, 0.5) is 5.69 Å². The number of ether oxygens (including phenoxy) is 2. The first kappa shape index (κ1) is 36.9. The first-order valence-corrected chi connectivity index (χ1v) is 18.1. The number of aliphatic hydroxyl groups excluding tert-OH is 2. The number of piperidine rings is 1. The number of rotatable bonds is 10. The molecule has 51 heavy (non-hydrogen) atoms. The zero-order chi connectivity index (χ0) is 37.3. The van der Waals surface area contributed by atoms with Gasteiger partial charge in [-0.25, -0.2) is 0 Å². The second-order valence-electron chi connectivity index (χ2n) is 15.7. The number of allylic oxidation sites excluding steroid dienone is 2. The number of benzene rings is 2. The van der Waals surface area contributed by atoms with E-state index in [0.717, 1.165) is 12.8 Å². The van der Waals surface area contributed by atoms with Gasteiger partial charge in [0, 0.05) is 60.2 Å². The Bertz CT molecular complexity index is 1950. The Balaban J connectivity index is 1.45. The van der Waals surface area contributed by atoms with E-state index in [-0.39, 0.29) is 80.1 Å². The summed E-state index contributed by atoms with van der Waals surface area (Å²) in [5.74, 6) is -3.72. The van der Waals surface area contributed by atoms with E-state index < -0.39 is 41.1 Å². The summed E-state index contributed by atoms with van der Waals surface area (Å²) in [7, 11) is 0. The van der Waals surface area contributed by atoms with Crippen molar-refractivity contribution in [2.45, 2.75) is 105 Å². The van der Waals surface area contributed by atoms with Crippen molar-refractivity contribution >= 4 is 28.2 Å². The van der Waals surface area contributed by atoms with Crippen LogP contribution >= 0.6 is 0 Å². The molecule has 1 aliphatic carbocycles. The average molecular weight is 705 g/mol. The van der Waals surface area contributed by atoms with E-state index in [1.165, 1.54) is 0 Å². The smallest absolute Gasteiger partial charge is 0.272 e. The van der Waals surface area contributed by atoms with E-state index in [1.807, 2.05) is 27.7 Å². The van der Waals surface area contributed by atoms with Crippen molar-refractivity contribution in [3.05, 3.63) is 45.6 Å². The van der Waals surface area contributed by atoms with Crippen LogP contribution in [-0.4, -0.2) is 75.0 Å². The fourth-order valence-corrected chi connectivity index (χ4v) is 8.37. The number of aliphatic hydroxyl groups is 2. The minimum absolute atomic E-state index is 0.000261. The summed E-state index contributed by atoms with van der Waals surface area (Å²) in [6.07, 6.45) is 5.07. The van der Waals surface area contributed by atoms with Gasteiger partial charge in [-0.1, -0.05) is 45.9 Å². The lowest BCUT2D eigenvalue weighted by atomic mass is 9.85. The molecule has 2 bridgehead atoms. The summed E-state index contributed by atoms with van der Waals surface area (Å²) in [4.78, 5) is 38.4. The number of phenols is 2. The van der Waals surface area contributed by atoms with E-state index in [0.29, 0.717) is 24.0 Å². The molecule has 6 N–H and O–H groups in total. The Morgan fingerprint density at radius 2 is 1.63 bits per heavy atom. The number of hydrogen-bond acceptors (Lipinski definition) is 11. The van der Waals surface area contributed by atoms with E-state index in [9.17, 15) is 30.0 Å². The molecule has 1 saturated carbocycles. The van der Waals surface area contributed by atoms with Crippen molar-refractivity contribution < 1.29 is 39.5 Å². The monoisotopic (exact) mass is 704 g/mol. The molecule has 0 radical (unpaired) electrons. The van der Waals surface area contributed by atoms with Gasteiger partial charge in [0.05, 0.1) is 34.6 Å². The van der Waals surface area contributed by atoms with Crippen LogP contribution in [0.25, 0.3) is 10.8 Å². The minimum atomic E-state index is -1.66. The van der Waals surface area contributed by atoms with E-state index in [1.54, 1.807) is 52.8 Å². The van der Waals surface area contributed by atoms with Gasteiger partial charge in [-0.2, -0.15) is 0 Å². The second-order valence-corrected chi connectivity index (χ2v) is 15.7. The Morgan fingerprint density at radius 1 is 1.00 bits per heavy atom. The molecule has 1 saturated heterocycles. The molecule has 6 rings (SSSR count). The van der Waals surface area contributed by atoms with Crippen molar-refractivity contribution in [2.75, 3.05) is 18.4 Å². The molecule has 0 aromatic heterocycles. The molecule has 12 nitrogen and oxygen atoms in total. The maximum Gasteiger partial charge on any atom is 0.272 e. The number of hydrogen-bond donors (Lipinski definition) is 6. The molecule has 2 unspecified atom stereocenters. The Morgan fingerprint density at radius 3 is 2.24 bits per heavy atom. The molecule has 3 aliphatic heterocycles. The normalized spacial score (nSPS) is 27.8. The Hall–Kier alpha value is -3.84. The maximum absolute atomic E-state index is 14.2. The Kier molecular flexibility index (Phi) is 9.63. The van der Waals surface area contributed by atoms with Crippen molar-refractivity contribution in [1.82, 2.24) is 5.32 Å². The molecular formula is C39H52N4O8. The number of fused-ring (bicyclic) bond motifs is 5. The molecule has 3 heterocycles. The predicted octanol–water partition coefficient (Wildman–Crippen LogP) is 3.95. The highest BCUT2D eigenvalue weighted by Gasteiger charge is 2.55. The number of amides is 1. The molecule has 2 aromatic rings. The largest absolute Gasteiger partial charge is 0.507 e. The number of anilines is 1. The third kappa shape index (κ3) is 5.93. The standard InChI is InChI=1S/C39H52N4O8/c1-17(2)31(44)21(7)32(45)19(5)11-10-12-20(6)37(49)41-30-29-28(42-39(43-29)23-13-14-24(39)16-40-15-23)25-26(34(30)47)33(46)22(8)35-27(25)36(48)38(9,51-35)50-18(3)4/h10-12,17-19,21,23-24,31-32,40,44-47H,13-16H2,1-9H3,(H,41,49)/b11-10+,20-12-/t19-,21-,23?,24?,31-,32-,38-,39?/m0/s1. The Labute approximate surface area is 298 Å². The third-order valence-electron chi connectivity index (χ3n) is 11.3. The molecule has 2 aromatic carbocycles. The molecule has 276 valence electrons. The van der Waals surface area contributed by atoms with Crippen molar-refractivity contribution in [1.29, 1.82) is 0 Å². The predicted molar refractivity (Wildman–Crippen MR) is 192 cm³/mol. The summed E-state index contributed by atoms with van der Waals surface area (Å²) < 4.78 is 12.1. The third-order valence-corrected chi connectivity index (χ3v) is 11.3. The number of aromatic hydroxyl groups is 2. The number of carbonyl (C=O) groups excluding carboxylic acids is 2. The van der Waals surface area contributed by atoms with E-state index in [4.69, 9.17) is 19.5 Å². The molecular weight excluding hydrogens is 652 g/mol. The molecule has 4 aliphatic rings. The fourth-order valence-electron chi connectivity index (χ4n) is 8.37. The van der Waals surface area contributed by atoms with Crippen LogP contribution < -0.4 is 26.1 Å². The summed E-state index contributed by atoms with van der Waals surface area (Å²) in [6.45, 7) is 17.2. The summed E-state index contributed by atoms with van der Waals surface area (Å²) in [5, 5.41) is 51.9. The number of carbonyl (C=O) groups is 2. The molecule has 1 amide bonds. The lowest BCUT2D eigenvalue weighted by Gasteiger charge is -2.36. The van der Waals surface area contributed by atoms with E-state index >= 15 is 0 Å². The molecule has 12 heteroatoms. The first-order valence-electron chi connectivity index (χ1n) is 18.1. The zero-order valence-corrected chi connectivity index (χ0v) is 31.0. The fraction of sp³-hybridized carbons (Fsp3) is 0.590. The van der Waals surface area contributed by atoms with Gasteiger partial charge >= 0.3 is 0 Å². The molecule has 2 fully saturated rings. The first-order chi connectivity index (χ1) is 23.9. The van der Waals surface area contributed by atoms with Gasteiger partial charge in [0.1, 0.15) is 22.5 Å². The van der Waals surface area contributed by atoms with Gasteiger partial charge in [0.15, 0.2) is 11.4 Å². The van der Waals surface area contributed by atoms with Crippen LogP contribution in [0.2, 0.25) is 0 Å². The highest BCUT2D eigenvalue weighted by molar-refractivity contribution is 6.19. The van der Waals surface area contributed by atoms with Crippen LogP contribution in [0.3, 0.4) is 0 Å². The SMILES string of the molecule is C/C(=C/C=C/[C@H](C)[C@H](O)[C@@H](C)[C@@H](O)C(C)C)C(=O)Nc1c(O)c2c(O)c(C)c3c(c2c2c1=NC1(N=2)C2CCC1CNC2)C(=O)[C@@](C)(OC(C)C)O3. The summed E-state index contributed by atoms with van der Waals surface area (Å²) in [6, 6.07) is 0. The average Bonchev–Trinajstić information content (AvgIpc) is 3.61. The van der Waals surface area contributed by atoms with Crippen molar-refractivity contribution in [3.8, 4) is 17.2 Å². The molecule has 1 spiro atoms. The number of nitrogens with zero attached hydrogens (tertiary/aromatic N) is 2. The van der Waals surface area contributed by atoms with E-state index in [2.05, 4.69) is 10.6 Å². The molecule has 7 atom stereocenters. The van der Waals surface area contributed by atoms with Crippen LogP contribution in [-0.2, 0) is 9.53 Å². The van der Waals surface area contributed by atoms with Gasteiger partial charge in [0.2, 0.25) is 5.78 Å². The van der Waals surface area contributed by atoms with Crippen molar-refractivity contribution in [3.63, 3.8) is 0 Å². The van der Waals surface area contributed by atoms with Gasteiger partial charge in [0.25, 0.3) is 11.7 Å². The number of Topliss-reactive ketones (excluding diaryl/α,β-unsaturated/α-hetero) is 1. The quantitative estimate of drug-likeness (QED) is 0.121. The van der Waals surface area contributed by atoms with Gasteiger partial charge in [-0.3, -0.25) is 19.6 Å².